The summed E-state index contributed by atoms with van der Waals surface area (Å²) in [6.07, 6.45) is 4.54. The minimum absolute atomic E-state index is 0.108. The first-order valence-corrected chi connectivity index (χ1v) is 9.92. The molecule has 0 atom stereocenters. The summed E-state index contributed by atoms with van der Waals surface area (Å²) in [5.74, 6) is 2.06. The highest BCUT2D eigenvalue weighted by atomic mass is 16.5. The highest BCUT2D eigenvalue weighted by Gasteiger charge is 2.06. The summed E-state index contributed by atoms with van der Waals surface area (Å²) < 4.78 is 10.7. The molecule has 6 heteroatoms. The van der Waals surface area contributed by atoms with E-state index in [1.807, 2.05) is 48.5 Å². The Kier molecular flexibility index (Phi) is 7.66. The van der Waals surface area contributed by atoms with E-state index in [4.69, 9.17) is 9.47 Å². The van der Waals surface area contributed by atoms with Crippen molar-refractivity contribution in [3.63, 3.8) is 0 Å². The standard InChI is InChI=1S/C24H27N3O3/c1-29-21-13-12-19(16-22(21)30-2)8-5-7-18-9-6-10-20(15-18)27-24(28)17-26-23-11-3-4-14-25-23/h3-4,6,9-16H,5,7-8,17H2,1-2H3,(H,25,26)(H,27,28). The number of rotatable bonds is 10. The average Bonchev–Trinajstić information content (AvgIpc) is 2.78. The zero-order valence-electron chi connectivity index (χ0n) is 17.4. The van der Waals surface area contributed by atoms with Gasteiger partial charge in [0.25, 0.3) is 0 Å². The second-order valence-corrected chi connectivity index (χ2v) is 6.86. The molecule has 0 saturated heterocycles. The van der Waals surface area contributed by atoms with E-state index >= 15 is 0 Å². The van der Waals surface area contributed by atoms with Gasteiger partial charge in [0, 0.05) is 11.9 Å². The van der Waals surface area contributed by atoms with Crippen LogP contribution in [0.1, 0.15) is 17.5 Å². The first kappa shape index (κ1) is 21.2. The number of aromatic nitrogens is 1. The third-order valence-corrected chi connectivity index (χ3v) is 4.68. The third-order valence-electron chi connectivity index (χ3n) is 4.68. The Morgan fingerprint density at radius 3 is 2.43 bits per heavy atom. The van der Waals surface area contributed by atoms with Crippen LogP contribution in [0.25, 0.3) is 0 Å². The maximum atomic E-state index is 12.2. The Labute approximate surface area is 177 Å². The molecule has 0 fully saturated rings. The topological polar surface area (TPSA) is 72.5 Å². The molecular weight excluding hydrogens is 378 g/mol. The fraction of sp³-hybridized carbons (Fsp3) is 0.250. The number of methoxy groups -OCH3 is 2. The molecular formula is C24H27N3O3. The SMILES string of the molecule is COc1ccc(CCCc2cccc(NC(=O)CNc3ccccn3)c2)cc1OC. The summed E-state index contributed by atoms with van der Waals surface area (Å²) in [6.45, 7) is 0.167. The van der Waals surface area contributed by atoms with Crippen molar-refractivity contribution in [3.05, 3.63) is 78.0 Å². The fourth-order valence-corrected chi connectivity index (χ4v) is 3.18. The van der Waals surface area contributed by atoms with E-state index in [1.165, 1.54) is 11.1 Å². The summed E-state index contributed by atoms with van der Waals surface area (Å²) in [4.78, 5) is 16.3. The van der Waals surface area contributed by atoms with Gasteiger partial charge in [-0.2, -0.15) is 0 Å². The van der Waals surface area contributed by atoms with Crippen molar-refractivity contribution < 1.29 is 14.3 Å². The van der Waals surface area contributed by atoms with Crippen molar-refractivity contribution in [2.45, 2.75) is 19.3 Å². The Hall–Kier alpha value is -3.54. The molecule has 0 aliphatic rings. The molecule has 3 rings (SSSR count). The summed E-state index contributed by atoms with van der Waals surface area (Å²) in [5.41, 5.74) is 3.19. The number of aryl methyl sites for hydroxylation is 2. The summed E-state index contributed by atoms with van der Waals surface area (Å²) in [7, 11) is 3.28. The van der Waals surface area contributed by atoms with Crippen molar-refractivity contribution in [2.24, 2.45) is 0 Å². The number of benzene rings is 2. The summed E-state index contributed by atoms with van der Waals surface area (Å²) in [6, 6.07) is 19.5. The van der Waals surface area contributed by atoms with Gasteiger partial charge < -0.3 is 20.1 Å². The molecule has 1 aromatic heterocycles. The second kappa shape index (κ2) is 10.9. The Morgan fingerprint density at radius 2 is 1.70 bits per heavy atom. The van der Waals surface area contributed by atoms with Crippen LogP contribution in [-0.4, -0.2) is 31.7 Å². The van der Waals surface area contributed by atoms with Gasteiger partial charge in [0.2, 0.25) is 5.91 Å². The van der Waals surface area contributed by atoms with Crippen LogP contribution in [-0.2, 0) is 17.6 Å². The van der Waals surface area contributed by atoms with Crippen molar-refractivity contribution in [2.75, 3.05) is 31.4 Å². The predicted molar refractivity (Wildman–Crippen MR) is 119 cm³/mol. The lowest BCUT2D eigenvalue weighted by atomic mass is 10.0. The molecule has 0 radical (unpaired) electrons. The molecule has 30 heavy (non-hydrogen) atoms. The van der Waals surface area contributed by atoms with E-state index in [2.05, 4.69) is 27.8 Å². The number of nitrogens with zero attached hydrogens (tertiary/aromatic N) is 1. The molecule has 2 aromatic carbocycles. The molecule has 1 heterocycles. The molecule has 6 nitrogen and oxygen atoms in total. The minimum atomic E-state index is -0.108. The average molecular weight is 405 g/mol. The molecule has 0 aliphatic carbocycles. The smallest absolute Gasteiger partial charge is 0.243 e. The first-order valence-electron chi connectivity index (χ1n) is 9.92. The number of carbonyl (C=O) groups is 1. The number of nitrogens with one attached hydrogen (secondary N) is 2. The van der Waals surface area contributed by atoms with Crippen LogP contribution in [0.4, 0.5) is 11.5 Å². The normalized spacial score (nSPS) is 10.3. The number of carbonyl (C=O) groups excluding carboxylic acids is 1. The molecule has 3 aromatic rings. The van der Waals surface area contributed by atoms with Crippen LogP contribution in [0.3, 0.4) is 0 Å². The number of pyridine rings is 1. The highest BCUT2D eigenvalue weighted by molar-refractivity contribution is 5.93. The minimum Gasteiger partial charge on any atom is -0.493 e. The monoisotopic (exact) mass is 405 g/mol. The van der Waals surface area contributed by atoms with Gasteiger partial charge in [0.05, 0.1) is 20.8 Å². The van der Waals surface area contributed by atoms with Crippen molar-refractivity contribution in [3.8, 4) is 11.5 Å². The number of anilines is 2. The molecule has 156 valence electrons. The third kappa shape index (κ3) is 6.24. The zero-order chi connectivity index (χ0) is 21.2. The van der Waals surface area contributed by atoms with Crippen LogP contribution in [0.5, 0.6) is 11.5 Å². The molecule has 0 saturated carbocycles. The van der Waals surface area contributed by atoms with Gasteiger partial charge in [-0.25, -0.2) is 4.98 Å². The van der Waals surface area contributed by atoms with E-state index in [1.54, 1.807) is 20.4 Å². The predicted octanol–water partition coefficient (Wildman–Crippen LogP) is 4.32. The molecule has 0 unspecified atom stereocenters. The largest absolute Gasteiger partial charge is 0.493 e. The first-order chi connectivity index (χ1) is 14.7. The number of amides is 1. The van der Waals surface area contributed by atoms with Crippen molar-refractivity contribution >= 4 is 17.4 Å². The molecule has 1 amide bonds. The lowest BCUT2D eigenvalue weighted by molar-refractivity contribution is -0.114. The maximum absolute atomic E-state index is 12.2. The van der Waals surface area contributed by atoms with Gasteiger partial charge in [0.15, 0.2) is 11.5 Å². The van der Waals surface area contributed by atoms with Crippen molar-refractivity contribution in [1.29, 1.82) is 0 Å². The van der Waals surface area contributed by atoms with E-state index in [0.717, 1.165) is 36.4 Å². The van der Waals surface area contributed by atoms with Crippen molar-refractivity contribution in [1.82, 2.24) is 4.98 Å². The number of ether oxygens (including phenoxy) is 2. The van der Waals surface area contributed by atoms with Crippen LogP contribution < -0.4 is 20.1 Å². The fourth-order valence-electron chi connectivity index (χ4n) is 3.18. The Bertz CT molecular complexity index is 961. The van der Waals surface area contributed by atoms with Crippen LogP contribution >= 0.6 is 0 Å². The van der Waals surface area contributed by atoms with Gasteiger partial charge in [-0.3, -0.25) is 4.79 Å². The van der Waals surface area contributed by atoms with Crippen LogP contribution in [0.15, 0.2) is 66.9 Å². The van der Waals surface area contributed by atoms with Crippen LogP contribution in [0, 0.1) is 0 Å². The summed E-state index contributed by atoms with van der Waals surface area (Å²) >= 11 is 0. The van der Waals surface area contributed by atoms with Gasteiger partial charge in [-0.05, 0) is 66.8 Å². The summed E-state index contributed by atoms with van der Waals surface area (Å²) in [5, 5.41) is 5.94. The van der Waals surface area contributed by atoms with E-state index < -0.39 is 0 Å². The van der Waals surface area contributed by atoms with Gasteiger partial charge in [-0.15, -0.1) is 0 Å². The van der Waals surface area contributed by atoms with E-state index in [0.29, 0.717) is 5.82 Å². The van der Waals surface area contributed by atoms with Crippen LogP contribution in [0.2, 0.25) is 0 Å². The highest BCUT2D eigenvalue weighted by Crippen LogP contribution is 2.28. The molecule has 0 bridgehead atoms. The maximum Gasteiger partial charge on any atom is 0.243 e. The lowest BCUT2D eigenvalue weighted by Gasteiger charge is -2.10. The quantitative estimate of drug-likeness (QED) is 0.525. The van der Waals surface area contributed by atoms with Gasteiger partial charge >= 0.3 is 0 Å². The second-order valence-electron chi connectivity index (χ2n) is 6.86. The van der Waals surface area contributed by atoms with E-state index in [-0.39, 0.29) is 12.5 Å². The zero-order valence-corrected chi connectivity index (χ0v) is 17.4. The Balaban J connectivity index is 1.48. The van der Waals surface area contributed by atoms with Gasteiger partial charge in [0.1, 0.15) is 5.82 Å². The molecule has 0 aliphatic heterocycles. The number of hydrogen-bond donors (Lipinski definition) is 2. The number of hydrogen-bond acceptors (Lipinski definition) is 5. The molecule has 0 spiro atoms. The van der Waals surface area contributed by atoms with Gasteiger partial charge in [-0.1, -0.05) is 24.3 Å². The molecule has 2 N–H and O–H groups in total. The van der Waals surface area contributed by atoms with E-state index in [9.17, 15) is 4.79 Å². The lowest BCUT2D eigenvalue weighted by Crippen LogP contribution is -2.22. The Morgan fingerprint density at radius 1 is 0.900 bits per heavy atom.